The Morgan fingerprint density at radius 1 is 0.885 bits per heavy atom. The Morgan fingerprint density at radius 3 is 2.23 bits per heavy atom. The average Bonchev–Trinajstić information content (AvgIpc) is 2.99. The van der Waals surface area contributed by atoms with Gasteiger partial charge in [0, 0.05) is 22.2 Å². The SMILES string of the molecule is Cc1nc2c(c(C)nn2-c2ccccc2)c(C)c1-c1ccc(C=O)cc1. The third kappa shape index (κ3) is 2.51. The summed E-state index contributed by atoms with van der Waals surface area (Å²) in [6, 6.07) is 17.7. The second-order valence-electron chi connectivity index (χ2n) is 6.47. The highest BCUT2D eigenvalue weighted by atomic mass is 16.1. The predicted molar refractivity (Wildman–Crippen MR) is 104 cm³/mol. The van der Waals surface area contributed by atoms with E-state index in [1.54, 1.807) is 0 Å². The molecule has 2 aromatic carbocycles. The molecule has 4 heteroatoms. The highest BCUT2D eigenvalue weighted by Crippen LogP contribution is 2.33. The molecule has 0 radical (unpaired) electrons. The summed E-state index contributed by atoms with van der Waals surface area (Å²) in [4.78, 5) is 15.8. The summed E-state index contributed by atoms with van der Waals surface area (Å²) in [6.45, 7) is 6.15. The highest BCUT2D eigenvalue weighted by molar-refractivity contribution is 5.91. The van der Waals surface area contributed by atoms with Gasteiger partial charge in [-0.15, -0.1) is 0 Å². The fourth-order valence-electron chi connectivity index (χ4n) is 3.57. The van der Waals surface area contributed by atoms with Crippen LogP contribution in [0.15, 0.2) is 54.6 Å². The molecule has 0 unspecified atom stereocenters. The van der Waals surface area contributed by atoms with Gasteiger partial charge >= 0.3 is 0 Å². The maximum atomic E-state index is 10.9. The summed E-state index contributed by atoms with van der Waals surface area (Å²) in [6.07, 6.45) is 0.860. The van der Waals surface area contributed by atoms with Crippen molar-refractivity contribution in [2.24, 2.45) is 0 Å². The topological polar surface area (TPSA) is 47.8 Å². The molecular weight excluding hydrogens is 322 g/mol. The van der Waals surface area contributed by atoms with E-state index >= 15 is 0 Å². The third-order valence-corrected chi connectivity index (χ3v) is 4.76. The minimum atomic E-state index is 0.672. The van der Waals surface area contributed by atoms with Gasteiger partial charge in [-0.2, -0.15) is 5.10 Å². The Balaban J connectivity index is 1.97. The Bertz CT molecular complexity index is 1110. The van der Waals surface area contributed by atoms with Gasteiger partial charge in [0.1, 0.15) is 6.29 Å². The number of rotatable bonds is 3. The number of aldehydes is 1. The smallest absolute Gasteiger partial charge is 0.163 e. The van der Waals surface area contributed by atoms with Crippen molar-refractivity contribution in [1.82, 2.24) is 14.8 Å². The van der Waals surface area contributed by atoms with Crippen molar-refractivity contribution in [3.63, 3.8) is 0 Å². The molecule has 2 heterocycles. The van der Waals surface area contributed by atoms with Gasteiger partial charge in [0.25, 0.3) is 0 Å². The number of aromatic nitrogens is 3. The van der Waals surface area contributed by atoms with Crippen LogP contribution in [-0.2, 0) is 0 Å². The first-order valence-corrected chi connectivity index (χ1v) is 8.57. The molecule has 128 valence electrons. The van der Waals surface area contributed by atoms with Gasteiger partial charge in [0.15, 0.2) is 5.65 Å². The van der Waals surface area contributed by atoms with Crippen molar-refractivity contribution in [1.29, 1.82) is 0 Å². The number of para-hydroxylation sites is 1. The Kier molecular flexibility index (Phi) is 3.88. The zero-order valence-corrected chi connectivity index (χ0v) is 15.0. The van der Waals surface area contributed by atoms with E-state index in [-0.39, 0.29) is 0 Å². The average molecular weight is 341 g/mol. The van der Waals surface area contributed by atoms with E-state index in [2.05, 4.69) is 6.92 Å². The highest BCUT2D eigenvalue weighted by Gasteiger charge is 2.18. The van der Waals surface area contributed by atoms with Gasteiger partial charge in [0.05, 0.1) is 11.4 Å². The molecule has 0 atom stereocenters. The van der Waals surface area contributed by atoms with Gasteiger partial charge in [-0.05, 0) is 44.0 Å². The standard InChI is InChI=1S/C22H19N3O/c1-14-20(18-11-9-17(13-26)10-12-18)15(2)23-22-21(14)16(3)24-25(22)19-7-5-4-6-8-19/h4-13H,1-3H3. The van der Waals surface area contributed by atoms with Crippen molar-refractivity contribution >= 4 is 17.3 Å². The summed E-state index contributed by atoms with van der Waals surface area (Å²) in [5.74, 6) is 0. The molecular formula is C22H19N3O. The molecule has 0 fully saturated rings. The van der Waals surface area contributed by atoms with Crippen molar-refractivity contribution in [3.05, 3.63) is 77.1 Å². The van der Waals surface area contributed by atoms with Crippen LogP contribution in [0.3, 0.4) is 0 Å². The summed E-state index contributed by atoms with van der Waals surface area (Å²) in [5.41, 5.74) is 7.78. The van der Waals surface area contributed by atoms with Crippen LogP contribution in [0.25, 0.3) is 27.8 Å². The fourth-order valence-corrected chi connectivity index (χ4v) is 3.57. The molecule has 0 spiro atoms. The predicted octanol–water partition coefficient (Wildman–Crippen LogP) is 4.83. The van der Waals surface area contributed by atoms with Gasteiger partial charge in [0.2, 0.25) is 0 Å². The third-order valence-electron chi connectivity index (χ3n) is 4.76. The molecule has 0 aliphatic carbocycles. The normalized spacial score (nSPS) is 11.0. The first-order valence-electron chi connectivity index (χ1n) is 8.57. The number of carbonyl (C=O) groups is 1. The molecule has 4 rings (SSSR count). The molecule has 0 saturated carbocycles. The van der Waals surface area contributed by atoms with Crippen molar-refractivity contribution in [2.45, 2.75) is 20.8 Å². The molecule has 0 aliphatic heterocycles. The minimum Gasteiger partial charge on any atom is -0.298 e. The first-order chi connectivity index (χ1) is 12.6. The van der Waals surface area contributed by atoms with Crippen molar-refractivity contribution < 1.29 is 4.79 Å². The van der Waals surface area contributed by atoms with E-state index in [0.717, 1.165) is 51.1 Å². The van der Waals surface area contributed by atoms with E-state index in [9.17, 15) is 4.79 Å². The Morgan fingerprint density at radius 2 is 1.58 bits per heavy atom. The van der Waals surface area contributed by atoms with Crippen molar-refractivity contribution in [3.8, 4) is 16.8 Å². The van der Waals surface area contributed by atoms with Gasteiger partial charge in [-0.3, -0.25) is 4.79 Å². The van der Waals surface area contributed by atoms with E-state index in [4.69, 9.17) is 10.1 Å². The van der Waals surface area contributed by atoms with Crippen LogP contribution in [0.5, 0.6) is 0 Å². The van der Waals surface area contributed by atoms with Crippen LogP contribution in [0.4, 0.5) is 0 Å². The quantitative estimate of drug-likeness (QED) is 0.502. The molecule has 0 bridgehead atoms. The van der Waals surface area contributed by atoms with Crippen LogP contribution in [0, 0.1) is 20.8 Å². The maximum Gasteiger partial charge on any atom is 0.163 e. The van der Waals surface area contributed by atoms with Gasteiger partial charge < -0.3 is 0 Å². The fraction of sp³-hybridized carbons (Fsp3) is 0.136. The van der Waals surface area contributed by atoms with Crippen LogP contribution >= 0.6 is 0 Å². The second kappa shape index (κ2) is 6.23. The number of hydrogen-bond donors (Lipinski definition) is 0. The van der Waals surface area contributed by atoms with E-state index in [1.165, 1.54) is 0 Å². The molecule has 4 aromatic rings. The largest absolute Gasteiger partial charge is 0.298 e. The van der Waals surface area contributed by atoms with E-state index in [1.807, 2.05) is 73.1 Å². The van der Waals surface area contributed by atoms with Crippen LogP contribution in [0.1, 0.15) is 27.3 Å². The lowest BCUT2D eigenvalue weighted by atomic mass is 9.96. The molecule has 4 nitrogen and oxygen atoms in total. The van der Waals surface area contributed by atoms with Crippen LogP contribution < -0.4 is 0 Å². The lowest BCUT2D eigenvalue weighted by molar-refractivity contribution is 0.112. The monoisotopic (exact) mass is 341 g/mol. The Labute approximate surface area is 152 Å². The number of hydrogen-bond acceptors (Lipinski definition) is 3. The number of fused-ring (bicyclic) bond motifs is 1. The molecule has 0 aliphatic rings. The molecule has 0 N–H and O–H groups in total. The summed E-state index contributed by atoms with van der Waals surface area (Å²) in [5, 5.41) is 5.81. The molecule has 0 amide bonds. The van der Waals surface area contributed by atoms with Gasteiger partial charge in [-0.1, -0.05) is 42.5 Å². The number of pyridine rings is 1. The van der Waals surface area contributed by atoms with Crippen LogP contribution in [0.2, 0.25) is 0 Å². The maximum absolute atomic E-state index is 10.9. The number of benzene rings is 2. The lowest BCUT2D eigenvalue weighted by Gasteiger charge is -2.12. The second-order valence-corrected chi connectivity index (χ2v) is 6.47. The number of nitrogens with zero attached hydrogens (tertiary/aromatic N) is 3. The molecule has 2 aromatic heterocycles. The number of carbonyl (C=O) groups excluding carboxylic acids is 1. The Hall–Kier alpha value is -3.27. The molecule has 0 saturated heterocycles. The minimum absolute atomic E-state index is 0.672. The lowest BCUT2D eigenvalue weighted by Crippen LogP contribution is -2.00. The summed E-state index contributed by atoms with van der Waals surface area (Å²) in [7, 11) is 0. The number of aryl methyl sites for hydroxylation is 3. The molecule has 26 heavy (non-hydrogen) atoms. The summed E-state index contributed by atoms with van der Waals surface area (Å²) >= 11 is 0. The zero-order chi connectivity index (χ0) is 18.3. The van der Waals surface area contributed by atoms with Crippen LogP contribution in [-0.4, -0.2) is 21.1 Å². The van der Waals surface area contributed by atoms with E-state index < -0.39 is 0 Å². The zero-order valence-electron chi connectivity index (χ0n) is 15.0. The van der Waals surface area contributed by atoms with Gasteiger partial charge in [-0.25, -0.2) is 9.67 Å². The summed E-state index contributed by atoms with van der Waals surface area (Å²) < 4.78 is 1.91. The van der Waals surface area contributed by atoms with Crippen molar-refractivity contribution in [2.75, 3.05) is 0 Å². The van der Waals surface area contributed by atoms with E-state index in [0.29, 0.717) is 5.56 Å². The first kappa shape index (κ1) is 16.2.